The van der Waals surface area contributed by atoms with Gasteiger partial charge < -0.3 is 10.2 Å². The molecule has 0 unspecified atom stereocenters. The van der Waals surface area contributed by atoms with Crippen molar-refractivity contribution in [3.05, 3.63) is 53.7 Å². The van der Waals surface area contributed by atoms with Crippen LogP contribution in [-0.2, 0) is 16.4 Å². The number of pyridine rings is 1. The molecular formula is C22H27F3N4O. The Balaban J connectivity index is 1.48. The molecule has 0 spiro atoms. The number of piperazine rings is 1. The largest absolute Gasteiger partial charge is 0.417 e. The summed E-state index contributed by atoms with van der Waals surface area (Å²) in [5, 5.41) is 2.92. The Morgan fingerprint density at radius 2 is 1.57 bits per heavy atom. The molecule has 2 aromatic rings. The molecule has 0 aliphatic carbocycles. The molecular weight excluding hydrogens is 393 g/mol. The molecule has 8 heteroatoms. The van der Waals surface area contributed by atoms with Crippen molar-refractivity contribution in [2.24, 2.45) is 0 Å². The summed E-state index contributed by atoms with van der Waals surface area (Å²) in [7, 11) is 0. The number of aromatic nitrogens is 1. The van der Waals surface area contributed by atoms with E-state index >= 15 is 0 Å². The first-order valence-electron chi connectivity index (χ1n) is 9.93. The van der Waals surface area contributed by atoms with Gasteiger partial charge in [0.1, 0.15) is 5.82 Å². The number of nitrogens with one attached hydrogen (secondary N) is 1. The number of benzene rings is 1. The molecule has 1 N–H and O–H groups in total. The standard InChI is InChI=1S/C22H27F3N4O/c1-21(2,3)16-4-7-18(8-5-16)27-20(30)15-28-10-12-29(13-11-28)19-9-6-17(14-26-19)22(23,24)25/h4-9,14H,10-13,15H2,1-3H3,(H,27,30). The molecule has 2 heterocycles. The van der Waals surface area contributed by atoms with Crippen molar-refractivity contribution < 1.29 is 18.0 Å². The second-order valence-corrected chi connectivity index (χ2v) is 8.54. The van der Waals surface area contributed by atoms with Crippen LogP contribution < -0.4 is 10.2 Å². The van der Waals surface area contributed by atoms with E-state index in [9.17, 15) is 18.0 Å². The van der Waals surface area contributed by atoms with Gasteiger partial charge in [0.15, 0.2) is 0 Å². The molecule has 5 nitrogen and oxygen atoms in total. The van der Waals surface area contributed by atoms with E-state index in [0.717, 1.165) is 18.0 Å². The average Bonchev–Trinajstić information content (AvgIpc) is 2.68. The van der Waals surface area contributed by atoms with E-state index in [1.807, 2.05) is 34.1 Å². The highest BCUT2D eigenvalue weighted by Crippen LogP contribution is 2.29. The molecule has 1 amide bonds. The van der Waals surface area contributed by atoms with Crippen LogP contribution in [0.2, 0.25) is 0 Å². The van der Waals surface area contributed by atoms with Crippen LogP contribution in [0.4, 0.5) is 24.7 Å². The minimum Gasteiger partial charge on any atom is -0.354 e. The van der Waals surface area contributed by atoms with E-state index in [1.165, 1.54) is 11.6 Å². The van der Waals surface area contributed by atoms with Crippen LogP contribution in [-0.4, -0.2) is 48.5 Å². The smallest absolute Gasteiger partial charge is 0.354 e. The Morgan fingerprint density at radius 3 is 2.07 bits per heavy atom. The molecule has 1 aromatic carbocycles. The summed E-state index contributed by atoms with van der Waals surface area (Å²) in [4.78, 5) is 20.3. The van der Waals surface area contributed by atoms with Crippen LogP contribution >= 0.6 is 0 Å². The zero-order chi connectivity index (χ0) is 21.9. The predicted molar refractivity (Wildman–Crippen MR) is 112 cm³/mol. The number of halogens is 3. The van der Waals surface area contributed by atoms with Gasteiger partial charge in [-0.1, -0.05) is 32.9 Å². The highest BCUT2D eigenvalue weighted by atomic mass is 19.4. The van der Waals surface area contributed by atoms with Gasteiger partial charge in [-0.05, 0) is 35.2 Å². The minimum atomic E-state index is -4.38. The predicted octanol–water partition coefficient (Wildman–Crippen LogP) is 4.16. The van der Waals surface area contributed by atoms with Crippen molar-refractivity contribution in [3.8, 4) is 0 Å². The molecule has 3 rings (SSSR count). The summed E-state index contributed by atoms with van der Waals surface area (Å²) < 4.78 is 38.0. The van der Waals surface area contributed by atoms with Gasteiger partial charge in [0, 0.05) is 38.1 Å². The van der Waals surface area contributed by atoms with Crippen molar-refractivity contribution in [2.45, 2.75) is 32.4 Å². The van der Waals surface area contributed by atoms with Gasteiger partial charge in [-0.25, -0.2) is 4.98 Å². The molecule has 1 fully saturated rings. The number of hydrogen-bond acceptors (Lipinski definition) is 4. The number of rotatable bonds is 4. The van der Waals surface area contributed by atoms with E-state index in [-0.39, 0.29) is 17.9 Å². The van der Waals surface area contributed by atoms with Gasteiger partial charge in [-0.3, -0.25) is 9.69 Å². The average molecular weight is 420 g/mol. The first-order valence-corrected chi connectivity index (χ1v) is 9.93. The lowest BCUT2D eigenvalue weighted by Crippen LogP contribution is -2.48. The third kappa shape index (κ3) is 5.72. The third-order valence-corrected chi connectivity index (χ3v) is 5.17. The summed E-state index contributed by atoms with van der Waals surface area (Å²) in [5.74, 6) is 0.436. The molecule has 0 saturated carbocycles. The number of carbonyl (C=O) groups is 1. The summed E-state index contributed by atoms with van der Waals surface area (Å²) >= 11 is 0. The molecule has 0 atom stereocenters. The SMILES string of the molecule is CC(C)(C)c1ccc(NC(=O)CN2CCN(c3ccc(C(F)(F)F)cn3)CC2)cc1. The number of alkyl halides is 3. The van der Waals surface area contributed by atoms with Gasteiger partial charge in [0.2, 0.25) is 5.91 Å². The maximum Gasteiger partial charge on any atom is 0.417 e. The number of amides is 1. The van der Waals surface area contributed by atoms with Gasteiger partial charge in [-0.2, -0.15) is 13.2 Å². The quantitative estimate of drug-likeness (QED) is 0.807. The zero-order valence-corrected chi connectivity index (χ0v) is 17.5. The maximum absolute atomic E-state index is 12.7. The first kappa shape index (κ1) is 22.1. The topological polar surface area (TPSA) is 48.5 Å². The van der Waals surface area contributed by atoms with Crippen molar-refractivity contribution >= 4 is 17.4 Å². The number of anilines is 2. The Kier molecular flexibility index (Phi) is 6.36. The first-order chi connectivity index (χ1) is 14.0. The normalized spacial score (nSPS) is 15.9. The fourth-order valence-electron chi connectivity index (χ4n) is 3.33. The van der Waals surface area contributed by atoms with Crippen LogP contribution in [0.25, 0.3) is 0 Å². The molecule has 1 saturated heterocycles. The van der Waals surface area contributed by atoms with Crippen molar-refractivity contribution in [1.29, 1.82) is 0 Å². The number of carbonyl (C=O) groups excluding carboxylic acids is 1. The zero-order valence-electron chi connectivity index (χ0n) is 17.5. The second kappa shape index (κ2) is 8.63. The summed E-state index contributed by atoms with van der Waals surface area (Å²) in [6, 6.07) is 10.3. The summed E-state index contributed by atoms with van der Waals surface area (Å²) in [6.45, 7) is 9.17. The van der Waals surface area contributed by atoms with Crippen molar-refractivity contribution in [2.75, 3.05) is 42.9 Å². The molecule has 0 radical (unpaired) electrons. The van der Waals surface area contributed by atoms with Crippen molar-refractivity contribution in [1.82, 2.24) is 9.88 Å². The van der Waals surface area contributed by atoms with E-state index in [0.29, 0.717) is 32.0 Å². The highest BCUT2D eigenvalue weighted by Gasteiger charge is 2.31. The lowest BCUT2D eigenvalue weighted by molar-refractivity contribution is -0.137. The van der Waals surface area contributed by atoms with Crippen LogP contribution in [0.3, 0.4) is 0 Å². The highest BCUT2D eigenvalue weighted by molar-refractivity contribution is 5.92. The Bertz CT molecular complexity index is 850. The van der Waals surface area contributed by atoms with E-state index in [2.05, 4.69) is 31.1 Å². The molecule has 1 aromatic heterocycles. The monoisotopic (exact) mass is 420 g/mol. The van der Waals surface area contributed by atoms with Gasteiger partial charge in [0.05, 0.1) is 12.1 Å². The van der Waals surface area contributed by atoms with Crippen LogP contribution in [0.1, 0.15) is 31.9 Å². The fourth-order valence-corrected chi connectivity index (χ4v) is 3.33. The molecule has 1 aliphatic heterocycles. The van der Waals surface area contributed by atoms with E-state index in [1.54, 1.807) is 0 Å². The Labute approximate surface area is 174 Å². The van der Waals surface area contributed by atoms with Crippen LogP contribution in [0.5, 0.6) is 0 Å². The molecule has 1 aliphatic rings. The Hall–Kier alpha value is -2.61. The van der Waals surface area contributed by atoms with Gasteiger partial charge >= 0.3 is 6.18 Å². The van der Waals surface area contributed by atoms with Gasteiger partial charge in [0.25, 0.3) is 0 Å². The van der Waals surface area contributed by atoms with Crippen molar-refractivity contribution in [3.63, 3.8) is 0 Å². The number of nitrogens with zero attached hydrogens (tertiary/aromatic N) is 3. The fraction of sp³-hybridized carbons (Fsp3) is 0.455. The lowest BCUT2D eigenvalue weighted by Gasteiger charge is -2.35. The Morgan fingerprint density at radius 1 is 0.967 bits per heavy atom. The number of hydrogen-bond donors (Lipinski definition) is 1. The van der Waals surface area contributed by atoms with Crippen LogP contribution in [0.15, 0.2) is 42.6 Å². The van der Waals surface area contributed by atoms with E-state index < -0.39 is 11.7 Å². The maximum atomic E-state index is 12.7. The molecule has 162 valence electrons. The molecule has 30 heavy (non-hydrogen) atoms. The summed E-state index contributed by atoms with van der Waals surface area (Å²) in [6.07, 6.45) is -3.52. The van der Waals surface area contributed by atoms with Crippen LogP contribution in [0, 0.1) is 0 Å². The second-order valence-electron chi connectivity index (χ2n) is 8.54. The minimum absolute atomic E-state index is 0.0597. The summed E-state index contributed by atoms with van der Waals surface area (Å²) in [5.41, 5.74) is 1.27. The van der Waals surface area contributed by atoms with Gasteiger partial charge in [-0.15, -0.1) is 0 Å². The molecule has 0 bridgehead atoms. The lowest BCUT2D eigenvalue weighted by atomic mass is 9.87. The van der Waals surface area contributed by atoms with E-state index in [4.69, 9.17) is 0 Å². The third-order valence-electron chi connectivity index (χ3n) is 5.17.